The number of benzene rings is 1. The average molecular weight is 299 g/mol. The van der Waals surface area contributed by atoms with E-state index in [1.807, 2.05) is 32.0 Å². The van der Waals surface area contributed by atoms with Crippen molar-refractivity contribution in [1.29, 1.82) is 0 Å². The highest BCUT2D eigenvalue weighted by atomic mass is 79.9. The Morgan fingerprint density at radius 3 is 2.47 bits per heavy atom. The van der Waals surface area contributed by atoms with Crippen LogP contribution in [0.15, 0.2) is 22.7 Å². The van der Waals surface area contributed by atoms with Crippen molar-refractivity contribution in [3.63, 3.8) is 0 Å². The van der Waals surface area contributed by atoms with Gasteiger partial charge in [-0.1, -0.05) is 43.6 Å². The average Bonchev–Trinajstić information content (AvgIpc) is 2.26. The van der Waals surface area contributed by atoms with Crippen molar-refractivity contribution in [2.45, 2.75) is 33.6 Å². The maximum Gasteiger partial charge on any atom is 0.172 e. The molecule has 0 saturated heterocycles. The predicted octanol–water partition coefficient (Wildman–Crippen LogP) is 4.18. The molecule has 0 aliphatic rings. The third-order valence-electron chi connectivity index (χ3n) is 2.61. The molecule has 0 bridgehead atoms. The lowest BCUT2D eigenvalue weighted by atomic mass is 10.0. The molecule has 0 amide bonds. The van der Waals surface area contributed by atoms with Gasteiger partial charge >= 0.3 is 0 Å². The van der Waals surface area contributed by atoms with Crippen molar-refractivity contribution in [2.24, 2.45) is 5.92 Å². The smallest absolute Gasteiger partial charge is 0.172 e. The van der Waals surface area contributed by atoms with Crippen molar-refractivity contribution < 1.29 is 9.53 Å². The van der Waals surface area contributed by atoms with Gasteiger partial charge < -0.3 is 4.74 Å². The maximum atomic E-state index is 11.5. The molecule has 1 aromatic carbocycles. The summed E-state index contributed by atoms with van der Waals surface area (Å²) in [4.78, 5) is 11.5. The Morgan fingerprint density at radius 1 is 1.29 bits per heavy atom. The molecule has 1 aromatic rings. The van der Waals surface area contributed by atoms with Gasteiger partial charge in [0.15, 0.2) is 5.78 Å². The molecule has 0 aromatic heterocycles. The number of carbonyl (C=O) groups excluding carboxylic acids is 1. The van der Waals surface area contributed by atoms with Crippen LogP contribution in [0.5, 0.6) is 5.75 Å². The zero-order valence-electron chi connectivity index (χ0n) is 10.8. The molecule has 2 nitrogen and oxygen atoms in total. The highest BCUT2D eigenvalue weighted by molar-refractivity contribution is 9.10. The number of ether oxygens (including phenoxy) is 1. The third kappa shape index (κ3) is 4.15. The highest BCUT2D eigenvalue weighted by Gasteiger charge is 2.12. The van der Waals surface area contributed by atoms with Crippen molar-refractivity contribution in [3.05, 3.63) is 28.2 Å². The monoisotopic (exact) mass is 298 g/mol. The van der Waals surface area contributed by atoms with E-state index in [9.17, 15) is 4.79 Å². The minimum atomic E-state index is 0.0212. The van der Waals surface area contributed by atoms with E-state index in [2.05, 4.69) is 29.8 Å². The first-order chi connectivity index (χ1) is 7.91. The molecule has 0 heterocycles. The second kappa shape index (κ2) is 6.20. The van der Waals surface area contributed by atoms with E-state index >= 15 is 0 Å². The molecule has 0 atom stereocenters. The lowest BCUT2D eigenvalue weighted by molar-refractivity contribution is -0.123. The molecule has 0 fully saturated rings. The van der Waals surface area contributed by atoms with Crippen LogP contribution in [0, 0.1) is 5.92 Å². The van der Waals surface area contributed by atoms with Crippen LogP contribution in [0.2, 0.25) is 0 Å². The normalized spacial score (nSPS) is 11.0. The van der Waals surface area contributed by atoms with E-state index in [1.165, 1.54) is 0 Å². The fraction of sp³-hybridized carbons (Fsp3) is 0.500. The number of halogens is 1. The molecule has 0 saturated carbocycles. The molecule has 0 unspecified atom stereocenters. The van der Waals surface area contributed by atoms with Crippen LogP contribution < -0.4 is 4.74 Å². The minimum Gasteiger partial charge on any atom is -0.486 e. The summed E-state index contributed by atoms with van der Waals surface area (Å²) in [6, 6.07) is 5.88. The quantitative estimate of drug-likeness (QED) is 0.815. The summed E-state index contributed by atoms with van der Waals surface area (Å²) in [6.45, 7) is 8.14. The van der Waals surface area contributed by atoms with E-state index in [0.717, 1.165) is 15.8 Å². The van der Waals surface area contributed by atoms with Crippen LogP contribution in [-0.4, -0.2) is 12.4 Å². The molecule has 0 spiro atoms. The number of hydrogen-bond donors (Lipinski definition) is 0. The second-order valence-electron chi connectivity index (χ2n) is 4.75. The Morgan fingerprint density at radius 2 is 1.94 bits per heavy atom. The molecule has 0 aliphatic carbocycles. The Kier molecular flexibility index (Phi) is 5.19. The van der Waals surface area contributed by atoms with Gasteiger partial charge in [-0.25, -0.2) is 0 Å². The van der Waals surface area contributed by atoms with E-state index < -0.39 is 0 Å². The van der Waals surface area contributed by atoms with Gasteiger partial charge in [-0.15, -0.1) is 0 Å². The van der Waals surface area contributed by atoms with E-state index in [4.69, 9.17) is 4.74 Å². The lowest BCUT2D eigenvalue weighted by Gasteiger charge is -2.14. The first kappa shape index (κ1) is 14.2. The standard InChI is InChI=1S/C14H19BrO2/c1-9(2)12-7-11(15)5-6-14(12)17-8-13(16)10(3)4/h5-7,9-10H,8H2,1-4H3. The van der Waals surface area contributed by atoms with Crippen LogP contribution in [0.1, 0.15) is 39.2 Å². The van der Waals surface area contributed by atoms with E-state index in [-0.39, 0.29) is 18.3 Å². The van der Waals surface area contributed by atoms with E-state index in [0.29, 0.717) is 5.92 Å². The first-order valence-corrected chi connectivity index (χ1v) is 6.66. The molecule has 94 valence electrons. The minimum absolute atomic E-state index is 0.0212. The fourth-order valence-electron chi connectivity index (χ4n) is 1.42. The second-order valence-corrected chi connectivity index (χ2v) is 5.66. The van der Waals surface area contributed by atoms with Gasteiger partial charge in [0.1, 0.15) is 12.4 Å². The van der Waals surface area contributed by atoms with Crippen LogP contribution in [0.25, 0.3) is 0 Å². The Labute approximate surface area is 111 Å². The SMILES string of the molecule is CC(C)C(=O)COc1ccc(Br)cc1C(C)C. The van der Waals surface area contributed by atoms with Crippen molar-refractivity contribution in [2.75, 3.05) is 6.61 Å². The molecular weight excluding hydrogens is 280 g/mol. The van der Waals surface area contributed by atoms with Gasteiger partial charge in [0, 0.05) is 10.4 Å². The number of rotatable bonds is 5. The number of Topliss-reactive ketones (excluding diaryl/α,β-unsaturated/α-hetero) is 1. The maximum absolute atomic E-state index is 11.5. The summed E-state index contributed by atoms with van der Waals surface area (Å²) < 4.78 is 6.64. The van der Waals surface area contributed by atoms with E-state index in [1.54, 1.807) is 0 Å². The number of carbonyl (C=O) groups is 1. The molecule has 0 N–H and O–H groups in total. The largest absolute Gasteiger partial charge is 0.486 e. The van der Waals surface area contributed by atoms with Crippen LogP contribution >= 0.6 is 15.9 Å². The number of hydrogen-bond acceptors (Lipinski definition) is 2. The van der Waals surface area contributed by atoms with Gasteiger partial charge in [0.25, 0.3) is 0 Å². The molecule has 0 aliphatic heterocycles. The van der Waals surface area contributed by atoms with Crippen LogP contribution in [0.4, 0.5) is 0 Å². The lowest BCUT2D eigenvalue weighted by Crippen LogP contribution is -2.17. The van der Waals surface area contributed by atoms with Crippen molar-refractivity contribution in [3.8, 4) is 5.75 Å². The summed E-state index contributed by atoms with van der Waals surface area (Å²) >= 11 is 3.45. The third-order valence-corrected chi connectivity index (χ3v) is 3.10. The topological polar surface area (TPSA) is 26.3 Å². The summed E-state index contributed by atoms with van der Waals surface area (Å²) in [5.74, 6) is 1.32. The Bertz CT molecular complexity index is 397. The van der Waals surface area contributed by atoms with Gasteiger partial charge in [-0.3, -0.25) is 4.79 Å². The van der Waals surface area contributed by atoms with Gasteiger partial charge in [0.2, 0.25) is 0 Å². The Balaban J connectivity index is 2.80. The molecule has 1 rings (SSSR count). The fourth-order valence-corrected chi connectivity index (χ4v) is 1.80. The van der Waals surface area contributed by atoms with Gasteiger partial charge in [0.05, 0.1) is 0 Å². The highest BCUT2D eigenvalue weighted by Crippen LogP contribution is 2.29. The predicted molar refractivity (Wildman–Crippen MR) is 73.6 cm³/mol. The first-order valence-electron chi connectivity index (χ1n) is 5.86. The van der Waals surface area contributed by atoms with Crippen molar-refractivity contribution >= 4 is 21.7 Å². The zero-order valence-corrected chi connectivity index (χ0v) is 12.4. The molecular formula is C14H19BrO2. The molecule has 17 heavy (non-hydrogen) atoms. The van der Waals surface area contributed by atoms with Gasteiger partial charge in [-0.2, -0.15) is 0 Å². The van der Waals surface area contributed by atoms with Gasteiger partial charge in [-0.05, 0) is 29.7 Å². The van der Waals surface area contributed by atoms with Crippen LogP contribution in [0.3, 0.4) is 0 Å². The summed E-state index contributed by atoms with van der Waals surface area (Å²) in [5, 5.41) is 0. The summed E-state index contributed by atoms with van der Waals surface area (Å²) in [6.07, 6.45) is 0. The summed E-state index contributed by atoms with van der Waals surface area (Å²) in [7, 11) is 0. The Hall–Kier alpha value is -0.830. The molecule has 3 heteroatoms. The van der Waals surface area contributed by atoms with Crippen molar-refractivity contribution in [1.82, 2.24) is 0 Å². The zero-order chi connectivity index (χ0) is 13.0. The molecule has 0 radical (unpaired) electrons. The summed E-state index contributed by atoms with van der Waals surface area (Å²) in [5.41, 5.74) is 1.12. The van der Waals surface area contributed by atoms with Crippen LogP contribution in [-0.2, 0) is 4.79 Å². The number of ketones is 1.